The van der Waals surface area contributed by atoms with E-state index in [9.17, 15) is 14.4 Å². The summed E-state index contributed by atoms with van der Waals surface area (Å²) < 4.78 is 1.84. The minimum Gasteiger partial charge on any atom is -0.344 e. The highest BCUT2D eigenvalue weighted by Crippen LogP contribution is 2.25. The van der Waals surface area contributed by atoms with Crippen molar-refractivity contribution in [2.45, 2.75) is 78.4 Å². The molecule has 0 bridgehead atoms. The molecule has 2 atom stereocenters. The van der Waals surface area contributed by atoms with Crippen LogP contribution in [0.2, 0.25) is 0 Å². The van der Waals surface area contributed by atoms with Gasteiger partial charge in [0.15, 0.2) is 11.6 Å². The van der Waals surface area contributed by atoms with Gasteiger partial charge in [0.1, 0.15) is 6.04 Å². The summed E-state index contributed by atoms with van der Waals surface area (Å²) in [6.45, 7) is 9.68. The molecule has 0 unspecified atom stereocenters. The molecule has 3 rings (SSSR count). The maximum atomic E-state index is 13.5. The number of nitrogens with zero attached hydrogens (tertiary/aromatic N) is 4. The Morgan fingerprint density at radius 3 is 2.49 bits per heavy atom. The number of benzene rings is 1. The highest BCUT2D eigenvalue weighted by atomic mass is 32.2. The van der Waals surface area contributed by atoms with E-state index in [-0.39, 0.29) is 30.1 Å². The maximum Gasteiger partial charge on any atom is 0.243 e. The second kappa shape index (κ2) is 15.1. The average molecular weight is 557 g/mol. The Morgan fingerprint density at radius 1 is 1.08 bits per heavy atom. The van der Waals surface area contributed by atoms with Gasteiger partial charge in [0.2, 0.25) is 17.7 Å². The lowest BCUT2D eigenvalue weighted by Gasteiger charge is -2.28. The zero-order chi connectivity index (χ0) is 28.4. The molecule has 2 N–H and O–H groups in total. The van der Waals surface area contributed by atoms with Crippen LogP contribution in [0.25, 0.3) is 11.4 Å². The van der Waals surface area contributed by atoms with Gasteiger partial charge in [-0.3, -0.25) is 14.4 Å². The van der Waals surface area contributed by atoms with E-state index in [2.05, 4.69) is 24.5 Å². The van der Waals surface area contributed by atoms with Gasteiger partial charge in [0, 0.05) is 31.5 Å². The molecule has 214 valence electrons. The second-order valence-corrected chi connectivity index (χ2v) is 11.9. The molecule has 1 aromatic carbocycles. The van der Waals surface area contributed by atoms with Gasteiger partial charge in [0.25, 0.3) is 0 Å². The minimum absolute atomic E-state index is 0.0223. The molecular weight excluding hydrogens is 512 g/mol. The van der Waals surface area contributed by atoms with Gasteiger partial charge in [-0.05, 0) is 43.1 Å². The van der Waals surface area contributed by atoms with E-state index in [1.807, 2.05) is 60.0 Å². The molecule has 1 aliphatic rings. The first-order valence-corrected chi connectivity index (χ1v) is 15.5. The number of nitrogens with one attached hydrogen (secondary N) is 2. The number of hydrogen-bond donors (Lipinski definition) is 2. The predicted molar refractivity (Wildman–Crippen MR) is 156 cm³/mol. The lowest BCUT2D eigenvalue weighted by atomic mass is 10.0. The summed E-state index contributed by atoms with van der Waals surface area (Å²) in [7, 11) is 0. The smallest absolute Gasteiger partial charge is 0.243 e. The fourth-order valence-electron chi connectivity index (χ4n) is 4.59. The molecule has 1 aromatic heterocycles. The van der Waals surface area contributed by atoms with E-state index >= 15 is 0 Å². The largest absolute Gasteiger partial charge is 0.344 e. The van der Waals surface area contributed by atoms with Gasteiger partial charge in [-0.25, -0.2) is 9.67 Å². The van der Waals surface area contributed by atoms with E-state index in [1.165, 1.54) is 0 Å². The first-order valence-electron chi connectivity index (χ1n) is 14.1. The quantitative estimate of drug-likeness (QED) is 0.508. The fraction of sp³-hybridized carbons (Fsp3) is 0.621. The summed E-state index contributed by atoms with van der Waals surface area (Å²) in [5.41, 5.74) is 0.888. The summed E-state index contributed by atoms with van der Waals surface area (Å²) in [6.07, 6.45) is 4.61. The van der Waals surface area contributed by atoms with Crippen molar-refractivity contribution in [2.24, 2.45) is 11.8 Å². The van der Waals surface area contributed by atoms with Crippen molar-refractivity contribution in [1.29, 1.82) is 0 Å². The van der Waals surface area contributed by atoms with E-state index in [4.69, 9.17) is 10.1 Å². The summed E-state index contributed by atoms with van der Waals surface area (Å²) in [5, 5.41) is 11.0. The Morgan fingerprint density at radius 2 is 1.82 bits per heavy atom. The van der Waals surface area contributed by atoms with Crippen molar-refractivity contribution < 1.29 is 14.4 Å². The molecule has 0 fully saturated rings. The third kappa shape index (κ3) is 9.08. The van der Waals surface area contributed by atoms with Gasteiger partial charge in [0.05, 0.1) is 12.6 Å². The number of carbonyl (C=O) groups excluding carboxylic acids is 3. The van der Waals surface area contributed by atoms with Crippen molar-refractivity contribution in [1.82, 2.24) is 30.3 Å². The van der Waals surface area contributed by atoms with Gasteiger partial charge in [-0.1, -0.05) is 58.0 Å². The summed E-state index contributed by atoms with van der Waals surface area (Å²) in [6, 6.07) is 8.72. The van der Waals surface area contributed by atoms with Crippen LogP contribution >= 0.6 is 11.8 Å². The molecule has 0 spiro atoms. The Bertz CT molecular complexity index is 1090. The zero-order valence-electron chi connectivity index (χ0n) is 24.0. The zero-order valence-corrected chi connectivity index (χ0v) is 24.8. The van der Waals surface area contributed by atoms with Crippen molar-refractivity contribution in [2.75, 3.05) is 25.1 Å². The Hall–Kier alpha value is -2.88. The molecule has 39 heavy (non-hydrogen) atoms. The highest BCUT2D eigenvalue weighted by Gasteiger charge is 2.30. The molecule has 0 radical (unpaired) electrons. The first-order chi connectivity index (χ1) is 18.7. The normalized spacial score (nSPS) is 19.4. The van der Waals surface area contributed by atoms with E-state index in [1.54, 1.807) is 11.8 Å². The first kappa shape index (κ1) is 30.7. The number of aromatic nitrogens is 3. The summed E-state index contributed by atoms with van der Waals surface area (Å²) >= 11 is 1.64. The topological polar surface area (TPSA) is 109 Å². The van der Waals surface area contributed by atoms with Crippen LogP contribution in [0.1, 0.15) is 71.7 Å². The van der Waals surface area contributed by atoms with Gasteiger partial charge < -0.3 is 15.5 Å². The standard InChI is InChI=1S/C29H44N6O3S/c1-20(2)13-14-25(37)34-16-9-12-24(36)30-23(15-19-39-5)29(38)31-26(21(3)4)28-32-27(33-35(28)18-17-34)22-10-7-6-8-11-22/h6-8,10-11,20-21,23,26H,9,12-19H2,1-5H3,(H,30,36)(H,31,38)/t23-,26+/m0/s1. The molecule has 1 aliphatic heterocycles. The molecule has 9 nitrogen and oxygen atoms in total. The number of fused-ring (bicyclic) bond motifs is 1. The number of hydrogen-bond acceptors (Lipinski definition) is 6. The number of thioether (sulfide) groups is 1. The van der Waals surface area contributed by atoms with Crippen LogP contribution in [0.15, 0.2) is 30.3 Å². The number of rotatable bonds is 8. The molecule has 0 saturated heterocycles. The van der Waals surface area contributed by atoms with Crippen LogP contribution in [0.3, 0.4) is 0 Å². The Balaban J connectivity index is 2.00. The van der Waals surface area contributed by atoms with Crippen LogP contribution in [0, 0.1) is 11.8 Å². The second-order valence-electron chi connectivity index (χ2n) is 10.9. The van der Waals surface area contributed by atoms with Crippen molar-refractivity contribution >= 4 is 29.5 Å². The van der Waals surface area contributed by atoms with E-state index < -0.39 is 12.1 Å². The van der Waals surface area contributed by atoms with Crippen LogP contribution in [-0.2, 0) is 20.9 Å². The number of amides is 3. The third-order valence-electron chi connectivity index (χ3n) is 6.94. The van der Waals surface area contributed by atoms with E-state index in [0.29, 0.717) is 56.5 Å². The highest BCUT2D eigenvalue weighted by molar-refractivity contribution is 7.98. The maximum absolute atomic E-state index is 13.5. The average Bonchev–Trinajstić information content (AvgIpc) is 3.33. The van der Waals surface area contributed by atoms with Gasteiger partial charge in [-0.2, -0.15) is 16.9 Å². The monoisotopic (exact) mass is 556 g/mol. The molecule has 2 aromatic rings. The minimum atomic E-state index is -0.636. The molecular formula is C29H44N6O3S. The lowest BCUT2D eigenvalue weighted by molar-refractivity contribution is -0.132. The SMILES string of the molecule is CSCC[C@@H]1NC(=O)CCCN(C(=O)CCC(C)C)CCn2nc(-c3ccccc3)nc2[C@@H](C(C)C)NC1=O. The van der Waals surface area contributed by atoms with Crippen LogP contribution in [0.4, 0.5) is 0 Å². The summed E-state index contributed by atoms with van der Waals surface area (Å²) in [5.74, 6) is 2.15. The van der Waals surface area contributed by atoms with Crippen LogP contribution in [-0.4, -0.2) is 68.5 Å². The van der Waals surface area contributed by atoms with Crippen molar-refractivity contribution in [3.63, 3.8) is 0 Å². The van der Waals surface area contributed by atoms with Gasteiger partial charge >= 0.3 is 0 Å². The third-order valence-corrected chi connectivity index (χ3v) is 7.58. The lowest BCUT2D eigenvalue weighted by Crippen LogP contribution is -2.49. The molecule has 10 heteroatoms. The molecule has 0 saturated carbocycles. The Kier molecular flexibility index (Phi) is 11.8. The molecule has 0 aliphatic carbocycles. The van der Waals surface area contributed by atoms with Crippen LogP contribution < -0.4 is 10.6 Å². The van der Waals surface area contributed by atoms with Crippen molar-refractivity contribution in [3.05, 3.63) is 36.2 Å². The predicted octanol–water partition coefficient (Wildman–Crippen LogP) is 4.05. The molecule has 2 heterocycles. The fourth-order valence-corrected chi connectivity index (χ4v) is 5.06. The van der Waals surface area contributed by atoms with Crippen molar-refractivity contribution in [3.8, 4) is 11.4 Å². The summed E-state index contributed by atoms with van der Waals surface area (Å²) in [4.78, 5) is 46.2. The Labute approximate surface area is 236 Å². The number of carbonyl (C=O) groups is 3. The van der Waals surface area contributed by atoms with Gasteiger partial charge in [-0.15, -0.1) is 0 Å². The molecule has 3 amide bonds. The van der Waals surface area contributed by atoms with E-state index in [0.717, 1.165) is 17.7 Å². The van der Waals surface area contributed by atoms with Crippen LogP contribution in [0.5, 0.6) is 0 Å².